The number of amides is 3. The summed E-state index contributed by atoms with van der Waals surface area (Å²) >= 11 is 0.537. The van der Waals surface area contributed by atoms with Gasteiger partial charge in [0.15, 0.2) is 0 Å². The van der Waals surface area contributed by atoms with Crippen LogP contribution in [-0.4, -0.2) is 11.3 Å². The molecule has 0 saturated carbocycles. The average molecular weight is 150 g/mol. The predicted octanol–water partition coefficient (Wildman–Crippen LogP) is -1.11. The molecule has 0 unspecified atom stereocenters. The van der Waals surface area contributed by atoms with Crippen molar-refractivity contribution in [3.63, 3.8) is 0 Å². The van der Waals surface area contributed by atoms with Gasteiger partial charge in [-0.05, 0) is 0 Å². The molecule has 0 rings (SSSR count). The van der Waals surface area contributed by atoms with Crippen molar-refractivity contribution < 1.29 is 9.59 Å². The molecule has 0 fully saturated rings. The van der Waals surface area contributed by atoms with Gasteiger partial charge in [0, 0.05) is 11.9 Å². The maximum atomic E-state index is 9.91. The number of hydrogen-bond donors (Lipinski definition) is 4. The van der Waals surface area contributed by atoms with Crippen molar-refractivity contribution in [1.82, 2.24) is 10.3 Å². The summed E-state index contributed by atoms with van der Waals surface area (Å²) in [6.07, 6.45) is 0. The molecule has 0 atom stereocenters. The highest BCUT2D eigenvalue weighted by molar-refractivity contribution is 8.11. The molecule has 0 aromatic heterocycles. The molecule has 3 amide bonds. The van der Waals surface area contributed by atoms with Gasteiger partial charge in [-0.25, -0.2) is 4.79 Å². The minimum absolute atomic E-state index is 0.537. The zero-order valence-electron chi connectivity index (χ0n) is 4.38. The standard InChI is InChI=1S/C2H6N4O2S/c3-1(7)5-6-9-2(4)8/h6H,(H2,4,8)(H3,3,5,7). The number of nitrogens with one attached hydrogen (secondary N) is 2. The van der Waals surface area contributed by atoms with Crippen LogP contribution in [0.4, 0.5) is 9.59 Å². The van der Waals surface area contributed by atoms with Crippen LogP contribution in [0.3, 0.4) is 0 Å². The van der Waals surface area contributed by atoms with Crippen LogP contribution in [0.2, 0.25) is 0 Å². The van der Waals surface area contributed by atoms with Crippen molar-refractivity contribution >= 4 is 23.2 Å². The Bertz CT molecular complexity index is 112. The van der Waals surface area contributed by atoms with E-state index in [1.165, 1.54) is 0 Å². The van der Waals surface area contributed by atoms with Gasteiger partial charge < -0.3 is 11.5 Å². The molecule has 0 spiro atoms. The zero-order valence-corrected chi connectivity index (χ0v) is 5.20. The second kappa shape index (κ2) is 3.98. The molecule has 6 nitrogen and oxygen atoms in total. The van der Waals surface area contributed by atoms with Gasteiger partial charge in [-0.1, -0.05) is 0 Å². The molecule has 0 saturated heterocycles. The van der Waals surface area contributed by atoms with E-state index in [9.17, 15) is 9.59 Å². The predicted molar refractivity (Wildman–Crippen MR) is 33.0 cm³/mol. The summed E-state index contributed by atoms with van der Waals surface area (Å²) in [6.45, 7) is 0. The van der Waals surface area contributed by atoms with E-state index >= 15 is 0 Å². The summed E-state index contributed by atoms with van der Waals surface area (Å²) in [5.41, 5.74) is 11.2. The lowest BCUT2D eigenvalue weighted by molar-refractivity contribution is 0.248. The maximum absolute atomic E-state index is 9.91. The van der Waals surface area contributed by atoms with E-state index in [0.29, 0.717) is 11.9 Å². The number of hydrazine groups is 1. The number of rotatable bonds is 2. The van der Waals surface area contributed by atoms with Crippen LogP contribution in [0, 0.1) is 0 Å². The number of primary amides is 2. The Morgan fingerprint density at radius 1 is 1.33 bits per heavy atom. The fourth-order valence-corrected chi connectivity index (χ4v) is 0.378. The largest absolute Gasteiger partial charge is 0.359 e. The summed E-state index contributed by atoms with van der Waals surface area (Å²) in [5.74, 6) is 0. The van der Waals surface area contributed by atoms with Gasteiger partial charge >= 0.3 is 6.03 Å². The van der Waals surface area contributed by atoms with Gasteiger partial charge in [0.1, 0.15) is 0 Å². The van der Waals surface area contributed by atoms with Crippen LogP contribution < -0.4 is 21.7 Å². The first kappa shape index (κ1) is 8.05. The van der Waals surface area contributed by atoms with Crippen molar-refractivity contribution in [2.75, 3.05) is 0 Å². The van der Waals surface area contributed by atoms with Gasteiger partial charge in [-0.3, -0.25) is 10.2 Å². The Labute approximate surface area is 55.4 Å². The average Bonchev–Trinajstić information content (AvgIpc) is 1.63. The normalized spacial score (nSPS) is 8.44. The van der Waals surface area contributed by atoms with Gasteiger partial charge in [0.25, 0.3) is 5.24 Å². The molecule has 0 aromatic rings. The SMILES string of the molecule is NC(=O)NNSC(N)=O. The van der Waals surface area contributed by atoms with Crippen molar-refractivity contribution in [2.24, 2.45) is 11.5 Å². The second-order valence-corrected chi connectivity index (χ2v) is 1.82. The number of carbonyl (C=O) groups is 2. The number of nitrogens with two attached hydrogens (primary N) is 2. The molecular weight excluding hydrogens is 144 g/mol. The third-order valence-electron chi connectivity index (χ3n) is 0.326. The Morgan fingerprint density at radius 3 is 2.22 bits per heavy atom. The molecule has 0 aliphatic rings. The van der Waals surface area contributed by atoms with E-state index < -0.39 is 11.3 Å². The molecule has 0 aliphatic carbocycles. The number of urea groups is 1. The fraction of sp³-hybridized carbons (Fsp3) is 0. The Kier molecular flexibility index (Phi) is 3.56. The number of carbonyl (C=O) groups excluding carboxylic acids is 2. The topological polar surface area (TPSA) is 110 Å². The smallest absolute Gasteiger partial charge is 0.327 e. The maximum Gasteiger partial charge on any atom is 0.327 e. The lowest BCUT2D eigenvalue weighted by Gasteiger charge is -1.97. The Balaban J connectivity index is 3.10. The summed E-state index contributed by atoms with van der Waals surface area (Å²) < 4.78 is 0. The zero-order chi connectivity index (χ0) is 7.28. The highest BCUT2D eigenvalue weighted by atomic mass is 32.2. The second-order valence-electron chi connectivity index (χ2n) is 1.01. The summed E-state index contributed by atoms with van der Waals surface area (Å²) in [4.78, 5) is 21.9. The molecule has 0 aliphatic heterocycles. The molecule has 9 heavy (non-hydrogen) atoms. The lowest BCUT2D eigenvalue weighted by Crippen LogP contribution is -2.38. The quantitative estimate of drug-likeness (QED) is 0.295. The van der Waals surface area contributed by atoms with Gasteiger partial charge in [-0.15, -0.1) is 0 Å². The van der Waals surface area contributed by atoms with E-state index in [-0.39, 0.29) is 0 Å². The first-order valence-electron chi connectivity index (χ1n) is 1.89. The van der Waals surface area contributed by atoms with Crippen LogP contribution in [0.5, 0.6) is 0 Å². The van der Waals surface area contributed by atoms with E-state index in [1.54, 1.807) is 0 Å². The molecule has 0 aromatic carbocycles. The first-order valence-corrected chi connectivity index (χ1v) is 2.71. The third kappa shape index (κ3) is 7.05. The highest BCUT2D eigenvalue weighted by Crippen LogP contribution is 1.85. The Hall–Kier alpha value is -0.950. The van der Waals surface area contributed by atoms with Gasteiger partial charge in [0.2, 0.25) is 0 Å². The number of hydrogen-bond acceptors (Lipinski definition) is 4. The van der Waals surface area contributed by atoms with E-state index in [0.717, 1.165) is 0 Å². The van der Waals surface area contributed by atoms with Crippen molar-refractivity contribution in [3.8, 4) is 0 Å². The lowest BCUT2D eigenvalue weighted by atomic mass is 11.2. The molecular formula is C2H6N4O2S. The van der Waals surface area contributed by atoms with Gasteiger partial charge in [-0.2, -0.15) is 4.83 Å². The summed E-state index contributed by atoms with van der Waals surface area (Å²) in [7, 11) is 0. The molecule has 0 radical (unpaired) electrons. The van der Waals surface area contributed by atoms with Crippen LogP contribution in [0.25, 0.3) is 0 Å². The monoisotopic (exact) mass is 150 g/mol. The van der Waals surface area contributed by atoms with Crippen LogP contribution in [0.1, 0.15) is 0 Å². The fourth-order valence-electron chi connectivity index (χ4n) is 0.126. The molecule has 6 N–H and O–H groups in total. The van der Waals surface area contributed by atoms with E-state index in [2.05, 4.69) is 16.3 Å². The van der Waals surface area contributed by atoms with E-state index in [4.69, 9.17) is 0 Å². The third-order valence-corrected chi connectivity index (χ3v) is 0.731. The minimum atomic E-state index is -0.774. The molecule has 0 bridgehead atoms. The molecule has 7 heteroatoms. The van der Waals surface area contributed by atoms with Crippen LogP contribution in [-0.2, 0) is 0 Å². The van der Waals surface area contributed by atoms with Gasteiger partial charge in [0.05, 0.1) is 0 Å². The van der Waals surface area contributed by atoms with Crippen molar-refractivity contribution in [1.29, 1.82) is 0 Å². The van der Waals surface area contributed by atoms with Crippen LogP contribution >= 0.6 is 11.9 Å². The Morgan fingerprint density at radius 2 is 1.89 bits per heavy atom. The van der Waals surface area contributed by atoms with Crippen molar-refractivity contribution in [3.05, 3.63) is 0 Å². The summed E-state index contributed by atoms with van der Waals surface area (Å²) in [6, 6.07) is -0.774. The first-order chi connectivity index (χ1) is 4.13. The van der Waals surface area contributed by atoms with Crippen LogP contribution in [0.15, 0.2) is 0 Å². The summed E-state index contributed by atoms with van der Waals surface area (Å²) in [5, 5.41) is -0.649. The minimum Gasteiger partial charge on any atom is -0.359 e. The van der Waals surface area contributed by atoms with E-state index in [1.807, 2.05) is 5.43 Å². The molecule has 52 valence electrons. The molecule has 0 heterocycles. The van der Waals surface area contributed by atoms with Crippen molar-refractivity contribution in [2.45, 2.75) is 0 Å². The highest BCUT2D eigenvalue weighted by Gasteiger charge is 1.93.